The molecule has 3 fully saturated rings. The predicted octanol–water partition coefficient (Wildman–Crippen LogP) is 2.96. The maximum atomic E-state index is 16.6. The molecule has 0 aromatic carbocycles. The van der Waals surface area contributed by atoms with E-state index in [0.29, 0.717) is 12.8 Å². The summed E-state index contributed by atoms with van der Waals surface area (Å²) in [5.74, 6) is -0.209. The van der Waals surface area contributed by atoms with Gasteiger partial charge in [-0.2, -0.15) is 0 Å². The fraction of sp³-hybridized carbons (Fsp3) is 0.750. The Labute approximate surface area is 142 Å². The predicted molar refractivity (Wildman–Crippen MR) is 88.9 cm³/mol. The zero-order valence-corrected chi connectivity index (χ0v) is 14.6. The van der Waals surface area contributed by atoms with Gasteiger partial charge in [-0.3, -0.25) is 4.79 Å². The van der Waals surface area contributed by atoms with Gasteiger partial charge in [0.15, 0.2) is 11.5 Å². The van der Waals surface area contributed by atoms with Crippen molar-refractivity contribution in [2.45, 2.75) is 64.3 Å². The van der Waals surface area contributed by atoms with E-state index in [1.54, 1.807) is 12.2 Å². The summed E-state index contributed by atoms with van der Waals surface area (Å²) >= 11 is 0. The monoisotopic (exact) mass is 334 g/mol. The van der Waals surface area contributed by atoms with Gasteiger partial charge in [0.05, 0.1) is 12.2 Å². The third kappa shape index (κ3) is 1.71. The molecule has 4 rings (SSSR count). The van der Waals surface area contributed by atoms with Crippen LogP contribution < -0.4 is 0 Å². The molecular weight excluding hydrogens is 307 g/mol. The van der Waals surface area contributed by atoms with Crippen LogP contribution in [0.15, 0.2) is 23.8 Å². The highest BCUT2D eigenvalue weighted by molar-refractivity contribution is 6.01. The van der Waals surface area contributed by atoms with Crippen LogP contribution in [0, 0.1) is 28.6 Å². The van der Waals surface area contributed by atoms with Crippen molar-refractivity contribution in [3.63, 3.8) is 0 Å². The summed E-state index contributed by atoms with van der Waals surface area (Å²) < 4.78 is 16.6. The standard InChI is InChI=1S/C20H27FO3/c1-11-8-15-13-4-5-16(23)18(13,2)10-17(24)20(15,21)19(3)7-6-12(22)9-14(11)19/h6-7,9,11,13,15-17,23-24H,4-5,8,10H2,1-3H3. The molecule has 0 aromatic heterocycles. The van der Waals surface area contributed by atoms with Crippen LogP contribution in [0.25, 0.3) is 0 Å². The molecule has 4 heteroatoms. The van der Waals surface area contributed by atoms with Crippen molar-refractivity contribution >= 4 is 5.78 Å². The number of hydrogen-bond donors (Lipinski definition) is 2. The third-order valence-corrected chi connectivity index (χ3v) is 7.92. The summed E-state index contributed by atoms with van der Waals surface area (Å²) in [6, 6.07) is 0. The summed E-state index contributed by atoms with van der Waals surface area (Å²) in [7, 11) is 0. The lowest BCUT2D eigenvalue weighted by Crippen LogP contribution is -2.67. The number of rotatable bonds is 0. The van der Waals surface area contributed by atoms with Gasteiger partial charge in [0.25, 0.3) is 0 Å². The molecule has 0 aliphatic heterocycles. The molecule has 0 radical (unpaired) electrons. The molecular formula is C20H27FO3. The van der Waals surface area contributed by atoms with Crippen LogP contribution in [-0.2, 0) is 4.79 Å². The van der Waals surface area contributed by atoms with Crippen LogP contribution in [0.4, 0.5) is 4.39 Å². The van der Waals surface area contributed by atoms with E-state index in [0.717, 1.165) is 12.0 Å². The highest BCUT2D eigenvalue weighted by Crippen LogP contribution is 2.68. The van der Waals surface area contributed by atoms with Crippen molar-refractivity contribution in [3.05, 3.63) is 23.8 Å². The number of carbonyl (C=O) groups excluding carboxylic acids is 1. The molecule has 24 heavy (non-hydrogen) atoms. The first-order valence-electron chi connectivity index (χ1n) is 9.15. The number of alkyl halides is 1. The van der Waals surface area contributed by atoms with Crippen LogP contribution in [0.3, 0.4) is 0 Å². The van der Waals surface area contributed by atoms with Crippen LogP contribution in [0.1, 0.15) is 46.5 Å². The molecule has 3 saturated carbocycles. The van der Waals surface area contributed by atoms with Gasteiger partial charge in [-0.15, -0.1) is 0 Å². The number of fused-ring (bicyclic) bond motifs is 5. The molecule has 0 amide bonds. The van der Waals surface area contributed by atoms with E-state index in [2.05, 4.69) is 6.92 Å². The SMILES string of the molecule is CC1CC2C3CCC(O)C3(C)CC(O)C2(F)C2(C)C=CC(=O)C=C12. The van der Waals surface area contributed by atoms with E-state index in [4.69, 9.17) is 0 Å². The van der Waals surface area contributed by atoms with Crippen LogP contribution >= 0.6 is 0 Å². The fourth-order valence-corrected chi connectivity index (χ4v) is 6.57. The molecule has 8 atom stereocenters. The fourth-order valence-electron chi connectivity index (χ4n) is 6.57. The van der Waals surface area contributed by atoms with E-state index in [9.17, 15) is 15.0 Å². The van der Waals surface area contributed by atoms with E-state index in [1.807, 2.05) is 13.8 Å². The Balaban J connectivity index is 1.86. The molecule has 0 spiro atoms. The van der Waals surface area contributed by atoms with E-state index in [1.165, 1.54) is 6.08 Å². The second-order valence-electron chi connectivity index (χ2n) is 8.97. The largest absolute Gasteiger partial charge is 0.393 e. The summed E-state index contributed by atoms with van der Waals surface area (Å²) in [5.41, 5.74) is -2.32. The minimum absolute atomic E-state index is 0.0766. The third-order valence-electron chi connectivity index (χ3n) is 7.92. The van der Waals surface area contributed by atoms with Crippen LogP contribution in [0.2, 0.25) is 0 Å². The summed E-state index contributed by atoms with van der Waals surface area (Å²) in [4.78, 5) is 11.8. The van der Waals surface area contributed by atoms with Crippen molar-refractivity contribution in [1.29, 1.82) is 0 Å². The maximum absolute atomic E-state index is 16.6. The first-order valence-corrected chi connectivity index (χ1v) is 9.15. The molecule has 3 nitrogen and oxygen atoms in total. The van der Waals surface area contributed by atoms with Crippen molar-refractivity contribution < 1.29 is 19.4 Å². The van der Waals surface area contributed by atoms with Gasteiger partial charge in [0.1, 0.15) is 0 Å². The average molecular weight is 334 g/mol. The quantitative estimate of drug-likeness (QED) is 0.716. The number of allylic oxidation sites excluding steroid dienone is 4. The molecule has 2 N–H and O–H groups in total. The Bertz CT molecular complexity index is 655. The van der Waals surface area contributed by atoms with Gasteiger partial charge in [-0.25, -0.2) is 4.39 Å². The van der Waals surface area contributed by atoms with E-state index < -0.39 is 28.7 Å². The van der Waals surface area contributed by atoms with Crippen molar-refractivity contribution in [2.24, 2.45) is 28.6 Å². The number of hydrogen-bond acceptors (Lipinski definition) is 3. The lowest BCUT2D eigenvalue weighted by Gasteiger charge is -2.62. The molecule has 4 aliphatic rings. The van der Waals surface area contributed by atoms with Crippen molar-refractivity contribution in [2.75, 3.05) is 0 Å². The first-order chi connectivity index (χ1) is 11.1. The lowest BCUT2D eigenvalue weighted by atomic mass is 9.44. The zero-order chi connectivity index (χ0) is 17.5. The summed E-state index contributed by atoms with van der Waals surface area (Å²) in [6.07, 6.45) is 5.52. The van der Waals surface area contributed by atoms with Gasteiger partial charge < -0.3 is 10.2 Å². The number of aliphatic hydroxyl groups excluding tert-OH is 2. The number of aliphatic hydroxyl groups is 2. The van der Waals surface area contributed by atoms with E-state index >= 15 is 4.39 Å². The van der Waals surface area contributed by atoms with Gasteiger partial charge in [-0.1, -0.05) is 25.5 Å². The van der Waals surface area contributed by atoms with Gasteiger partial charge in [0, 0.05) is 11.3 Å². The molecule has 4 aliphatic carbocycles. The topological polar surface area (TPSA) is 57.5 Å². The smallest absolute Gasteiger partial charge is 0.178 e. The minimum atomic E-state index is -1.78. The normalized spacial score (nSPS) is 56.3. The average Bonchev–Trinajstić information content (AvgIpc) is 2.80. The Morgan fingerprint density at radius 2 is 1.88 bits per heavy atom. The summed E-state index contributed by atoms with van der Waals surface area (Å²) in [6.45, 7) is 5.90. The second-order valence-corrected chi connectivity index (χ2v) is 8.97. The summed E-state index contributed by atoms with van der Waals surface area (Å²) in [5, 5.41) is 21.4. The van der Waals surface area contributed by atoms with Crippen molar-refractivity contribution in [1.82, 2.24) is 0 Å². The van der Waals surface area contributed by atoms with Crippen LogP contribution in [-0.4, -0.2) is 33.9 Å². The zero-order valence-electron chi connectivity index (χ0n) is 14.6. The molecule has 0 aromatic rings. The number of carbonyl (C=O) groups is 1. The highest BCUT2D eigenvalue weighted by atomic mass is 19.1. The van der Waals surface area contributed by atoms with Gasteiger partial charge >= 0.3 is 0 Å². The molecule has 0 heterocycles. The molecule has 132 valence electrons. The molecule has 8 unspecified atom stereocenters. The lowest BCUT2D eigenvalue weighted by molar-refractivity contribution is -0.205. The Hall–Kier alpha value is -1.00. The number of ketones is 1. The Morgan fingerprint density at radius 1 is 1.17 bits per heavy atom. The first kappa shape index (κ1) is 16.5. The minimum Gasteiger partial charge on any atom is -0.393 e. The second kappa shape index (κ2) is 4.79. The molecule has 0 bridgehead atoms. The maximum Gasteiger partial charge on any atom is 0.178 e. The van der Waals surface area contributed by atoms with Crippen LogP contribution in [0.5, 0.6) is 0 Å². The Kier molecular flexibility index (Phi) is 3.29. The van der Waals surface area contributed by atoms with E-state index in [-0.39, 0.29) is 30.0 Å². The van der Waals surface area contributed by atoms with Crippen molar-refractivity contribution in [3.8, 4) is 0 Å². The molecule has 0 saturated heterocycles. The number of halogens is 1. The highest BCUT2D eigenvalue weighted by Gasteiger charge is 2.71. The van der Waals surface area contributed by atoms with Gasteiger partial charge in [-0.05, 0) is 62.0 Å². The Morgan fingerprint density at radius 3 is 2.58 bits per heavy atom. The van der Waals surface area contributed by atoms with Gasteiger partial charge in [0.2, 0.25) is 0 Å².